The first-order valence-corrected chi connectivity index (χ1v) is 9.65. The predicted molar refractivity (Wildman–Crippen MR) is 106 cm³/mol. The van der Waals surface area contributed by atoms with Gasteiger partial charge in [0.25, 0.3) is 5.56 Å². The van der Waals surface area contributed by atoms with Crippen LogP contribution in [0.15, 0.2) is 52.9 Å². The van der Waals surface area contributed by atoms with Crippen molar-refractivity contribution in [1.82, 2.24) is 9.55 Å². The zero-order valence-corrected chi connectivity index (χ0v) is 15.7. The number of hydrogen-bond donors (Lipinski definition) is 0. The standard InChI is InChI=1S/C19H18N2O2S2/c1-4-10-21-18(23)15-13(3)16(14-8-6-5-7-9-14)25-17(15)20-19(21)24-11-12(2)22/h4-9H,1,10-11H2,2-3H3. The van der Waals surface area contributed by atoms with Gasteiger partial charge in [0.05, 0.1) is 11.1 Å². The molecule has 1 aromatic carbocycles. The molecule has 0 N–H and O–H groups in total. The number of carbonyl (C=O) groups is 1. The van der Waals surface area contributed by atoms with Gasteiger partial charge in [0, 0.05) is 11.4 Å². The van der Waals surface area contributed by atoms with Crippen LogP contribution in [-0.4, -0.2) is 21.1 Å². The first-order chi connectivity index (χ1) is 12.0. The zero-order valence-electron chi connectivity index (χ0n) is 14.1. The van der Waals surface area contributed by atoms with Crippen LogP contribution in [0.1, 0.15) is 12.5 Å². The summed E-state index contributed by atoms with van der Waals surface area (Å²) in [5.41, 5.74) is 1.95. The van der Waals surface area contributed by atoms with Gasteiger partial charge in [0.1, 0.15) is 10.6 Å². The summed E-state index contributed by atoms with van der Waals surface area (Å²) in [6.07, 6.45) is 1.67. The number of nitrogens with zero attached hydrogens (tertiary/aromatic N) is 2. The second-order valence-electron chi connectivity index (χ2n) is 5.69. The number of fused-ring (bicyclic) bond motifs is 1. The summed E-state index contributed by atoms with van der Waals surface area (Å²) < 4.78 is 1.59. The third-order valence-corrected chi connectivity index (χ3v) is 6.12. The molecule has 0 amide bonds. The Hall–Kier alpha value is -2.18. The molecule has 3 rings (SSSR count). The van der Waals surface area contributed by atoms with Crippen molar-refractivity contribution in [1.29, 1.82) is 0 Å². The molecule has 6 heteroatoms. The minimum Gasteiger partial charge on any atom is -0.299 e. The van der Waals surface area contributed by atoms with E-state index in [0.717, 1.165) is 16.0 Å². The van der Waals surface area contributed by atoms with Crippen molar-refractivity contribution in [3.8, 4) is 10.4 Å². The van der Waals surface area contributed by atoms with E-state index < -0.39 is 0 Å². The van der Waals surface area contributed by atoms with Crippen LogP contribution in [0, 0.1) is 6.92 Å². The zero-order chi connectivity index (χ0) is 18.0. The molecule has 0 bridgehead atoms. The SMILES string of the molecule is C=CCn1c(SCC(C)=O)nc2sc(-c3ccccc3)c(C)c2c1=O. The lowest BCUT2D eigenvalue weighted by Crippen LogP contribution is -2.23. The number of thiophene rings is 1. The van der Waals surface area contributed by atoms with Crippen molar-refractivity contribution in [3.63, 3.8) is 0 Å². The minimum absolute atomic E-state index is 0.0526. The Kier molecular flexibility index (Phi) is 5.20. The van der Waals surface area contributed by atoms with Gasteiger partial charge in [-0.3, -0.25) is 14.2 Å². The maximum absolute atomic E-state index is 13.0. The lowest BCUT2D eigenvalue weighted by molar-refractivity contribution is -0.114. The molecule has 0 aliphatic carbocycles. The number of rotatable bonds is 6. The maximum atomic E-state index is 13.0. The molecule has 0 saturated heterocycles. The first kappa shape index (κ1) is 17.6. The molecule has 0 unspecified atom stereocenters. The summed E-state index contributed by atoms with van der Waals surface area (Å²) in [6.45, 7) is 7.60. The van der Waals surface area contributed by atoms with E-state index in [1.165, 1.54) is 30.0 Å². The predicted octanol–water partition coefficient (Wildman–Crippen LogP) is 4.30. The van der Waals surface area contributed by atoms with Crippen molar-refractivity contribution in [2.24, 2.45) is 0 Å². The molecule has 0 spiro atoms. The van der Waals surface area contributed by atoms with Crippen molar-refractivity contribution < 1.29 is 4.79 Å². The highest BCUT2D eigenvalue weighted by molar-refractivity contribution is 7.99. The van der Waals surface area contributed by atoms with E-state index in [4.69, 9.17) is 0 Å². The number of carbonyl (C=O) groups excluding carboxylic acids is 1. The van der Waals surface area contributed by atoms with E-state index in [1.807, 2.05) is 37.3 Å². The van der Waals surface area contributed by atoms with Crippen LogP contribution in [0.5, 0.6) is 0 Å². The molecule has 3 aromatic rings. The van der Waals surface area contributed by atoms with E-state index >= 15 is 0 Å². The highest BCUT2D eigenvalue weighted by Gasteiger charge is 2.18. The van der Waals surface area contributed by atoms with Crippen molar-refractivity contribution in [2.75, 3.05) is 5.75 Å². The molecule has 0 radical (unpaired) electrons. The number of hydrogen-bond acceptors (Lipinski definition) is 5. The number of benzene rings is 1. The van der Waals surface area contributed by atoms with Gasteiger partial charge < -0.3 is 0 Å². The quantitative estimate of drug-likeness (QED) is 0.369. The lowest BCUT2D eigenvalue weighted by Gasteiger charge is -2.09. The van der Waals surface area contributed by atoms with Crippen LogP contribution < -0.4 is 5.56 Å². The van der Waals surface area contributed by atoms with Gasteiger partial charge in [0.15, 0.2) is 5.16 Å². The molecule has 25 heavy (non-hydrogen) atoms. The molecule has 2 heterocycles. The van der Waals surface area contributed by atoms with Crippen LogP contribution in [0.25, 0.3) is 20.7 Å². The van der Waals surface area contributed by atoms with Gasteiger partial charge in [-0.15, -0.1) is 17.9 Å². The van der Waals surface area contributed by atoms with E-state index in [-0.39, 0.29) is 11.3 Å². The summed E-state index contributed by atoms with van der Waals surface area (Å²) in [4.78, 5) is 30.8. The molecule has 0 aliphatic heterocycles. The molecule has 128 valence electrons. The number of Topliss-reactive ketones (excluding diaryl/α,β-unsaturated/α-hetero) is 1. The Bertz CT molecular complexity index is 1000. The number of aromatic nitrogens is 2. The fraction of sp³-hybridized carbons (Fsp3) is 0.211. The van der Waals surface area contributed by atoms with E-state index in [0.29, 0.717) is 27.7 Å². The van der Waals surface area contributed by atoms with Crippen LogP contribution in [0.2, 0.25) is 0 Å². The number of ketones is 1. The Labute approximate surface area is 154 Å². The topological polar surface area (TPSA) is 52.0 Å². The van der Waals surface area contributed by atoms with Crippen LogP contribution >= 0.6 is 23.1 Å². The highest BCUT2D eigenvalue weighted by Crippen LogP contribution is 2.36. The summed E-state index contributed by atoms with van der Waals surface area (Å²) in [5.74, 6) is 0.349. The Morgan fingerprint density at radius 2 is 2.08 bits per heavy atom. The average Bonchev–Trinajstić information content (AvgIpc) is 2.93. The van der Waals surface area contributed by atoms with Gasteiger partial charge >= 0.3 is 0 Å². The Morgan fingerprint density at radius 1 is 1.36 bits per heavy atom. The molecule has 0 fully saturated rings. The van der Waals surface area contributed by atoms with Crippen molar-refractivity contribution in [2.45, 2.75) is 25.5 Å². The monoisotopic (exact) mass is 370 g/mol. The van der Waals surface area contributed by atoms with Gasteiger partial charge in [0.2, 0.25) is 0 Å². The molecule has 0 aliphatic rings. The van der Waals surface area contributed by atoms with Gasteiger partial charge in [-0.2, -0.15) is 0 Å². The summed E-state index contributed by atoms with van der Waals surface area (Å²) in [7, 11) is 0. The summed E-state index contributed by atoms with van der Waals surface area (Å²) >= 11 is 2.81. The van der Waals surface area contributed by atoms with E-state index in [2.05, 4.69) is 11.6 Å². The molecule has 0 saturated carbocycles. The number of allylic oxidation sites excluding steroid dienone is 1. The minimum atomic E-state index is -0.0770. The van der Waals surface area contributed by atoms with Crippen LogP contribution in [0.3, 0.4) is 0 Å². The molecular weight excluding hydrogens is 352 g/mol. The first-order valence-electron chi connectivity index (χ1n) is 7.85. The highest BCUT2D eigenvalue weighted by atomic mass is 32.2. The van der Waals surface area contributed by atoms with Crippen LogP contribution in [-0.2, 0) is 11.3 Å². The van der Waals surface area contributed by atoms with Gasteiger partial charge in [-0.25, -0.2) is 4.98 Å². The largest absolute Gasteiger partial charge is 0.299 e. The van der Waals surface area contributed by atoms with Gasteiger partial charge in [-0.1, -0.05) is 48.2 Å². The van der Waals surface area contributed by atoms with E-state index in [9.17, 15) is 9.59 Å². The molecule has 4 nitrogen and oxygen atoms in total. The number of aryl methyl sites for hydroxylation is 1. The average molecular weight is 370 g/mol. The molecular formula is C19H18N2O2S2. The fourth-order valence-electron chi connectivity index (χ4n) is 2.63. The summed E-state index contributed by atoms with van der Waals surface area (Å²) in [5, 5.41) is 1.21. The Balaban J connectivity index is 2.22. The van der Waals surface area contributed by atoms with E-state index in [1.54, 1.807) is 10.6 Å². The second-order valence-corrected chi connectivity index (χ2v) is 7.63. The molecule has 0 atom stereocenters. The van der Waals surface area contributed by atoms with Crippen LogP contribution in [0.4, 0.5) is 0 Å². The number of thioether (sulfide) groups is 1. The summed E-state index contributed by atoms with van der Waals surface area (Å²) in [6, 6.07) is 10.0. The molecule has 2 aromatic heterocycles. The van der Waals surface area contributed by atoms with Crippen molar-refractivity contribution >= 4 is 39.1 Å². The maximum Gasteiger partial charge on any atom is 0.263 e. The lowest BCUT2D eigenvalue weighted by atomic mass is 10.1. The third kappa shape index (κ3) is 3.45. The Morgan fingerprint density at radius 3 is 2.72 bits per heavy atom. The smallest absolute Gasteiger partial charge is 0.263 e. The second kappa shape index (κ2) is 7.37. The fourth-order valence-corrected chi connectivity index (χ4v) is 4.67. The third-order valence-electron chi connectivity index (χ3n) is 3.77. The normalized spacial score (nSPS) is 11.0. The van der Waals surface area contributed by atoms with Gasteiger partial charge in [-0.05, 0) is 25.0 Å². The van der Waals surface area contributed by atoms with Crippen molar-refractivity contribution in [3.05, 3.63) is 58.9 Å².